The molecule has 1 aromatic heterocycles. The number of nitrogens with one attached hydrogen (secondary N) is 1. The van der Waals surface area contributed by atoms with Crippen molar-refractivity contribution >= 4 is 29.0 Å². The molecule has 0 aliphatic carbocycles. The third kappa shape index (κ3) is 5.51. The van der Waals surface area contributed by atoms with Crippen LogP contribution in [0, 0.1) is 19.3 Å². The monoisotopic (exact) mass is 411 g/mol. The van der Waals surface area contributed by atoms with Gasteiger partial charge in [-0.25, -0.2) is 4.98 Å². The summed E-state index contributed by atoms with van der Waals surface area (Å²) in [6.07, 6.45) is 5.69. The zero-order valence-corrected chi connectivity index (χ0v) is 17.6. The number of thioether (sulfide) groups is 1. The van der Waals surface area contributed by atoms with Crippen LogP contribution < -0.4 is 10.2 Å². The SMILES string of the molecule is C#Cc1c(COC)cc(C)nc1SCC(=O)Nc1ccccc1N1CCOCC1. The average Bonchev–Trinajstić information content (AvgIpc) is 2.73. The average molecular weight is 412 g/mol. The predicted molar refractivity (Wildman–Crippen MR) is 116 cm³/mol. The summed E-state index contributed by atoms with van der Waals surface area (Å²) in [5.74, 6) is 2.80. The third-order valence-electron chi connectivity index (χ3n) is 4.51. The molecule has 2 heterocycles. The number of morpholine rings is 1. The molecule has 29 heavy (non-hydrogen) atoms. The number of aryl methyl sites for hydroxylation is 1. The van der Waals surface area contributed by atoms with E-state index in [2.05, 4.69) is 21.1 Å². The van der Waals surface area contributed by atoms with Gasteiger partial charge in [0.15, 0.2) is 0 Å². The molecule has 1 N–H and O–H groups in total. The molecule has 0 unspecified atom stereocenters. The van der Waals surface area contributed by atoms with Gasteiger partial charge in [0.05, 0.1) is 42.5 Å². The molecule has 1 amide bonds. The third-order valence-corrected chi connectivity index (χ3v) is 5.49. The second kappa shape index (κ2) is 10.3. The number of methoxy groups -OCH3 is 1. The second-order valence-corrected chi connectivity index (χ2v) is 7.60. The first kappa shape index (κ1) is 21.2. The Labute approximate surface area is 176 Å². The summed E-state index contributed by atoms with van der Waals surface area (Å²) >= 11 is 1.34. The van der Waals surface area contributed by atoms with Crippen molar-refractivity contribution in [2.24, 2.45) is 0 Å². The maximum Gasteiger partial charge on any atom is 0.234 e. The fourth-order valence-electron chi connectivity index (χ4n) is 3.22. The van der Waals surface area contributed by atoms with E-state index in [1.807, 2.05) is 37.3 Å². The molecule has 0 bridgehead atoms. The second-order valence-electron chi connectivity index (χ2n) is 6.63. The number of hydrogen-bond acceptors (Lipinski definition) is 6. The van der Waals surface area contributed by atoms with E-state index >= 15 is 0 Å². The minimum Gasteiger partial charge on any atom is -0.380 e. The Morgan fingerprint density at radius 1 is 1.38 bits per heavy atom. The molecule has 0 saturated carbocycles. The van der Waals surface area contributed by atoms with Crippen LogP contribution in [-0.4, -0.2) is 50.1 Å². The van der Waals surface area contributed by atoms with Crippen LogP contribution >= 0.6 is 11.8 Å². The normalized spacial score (nSPS) is 13.8. The fraction of sp³-hybridized carbons (Fsp3) is 0.364. The summed E-state index contributed by atoms with van der Waals surface area (Å²) < 4.78 is 10.7. The van der Waals surface area contributed by atoms with E-state index in [9.17, 15) is 4.79 Å². The first-order valence-electron chi connectivity index (χ1n) is 9.42. The van der Waals surface area contributed by atoms with Crippen LogP contribution in [0.25, 0.3) is 0 Å². The van der Waals surface area contributed by atoms with Crippen LogP contribution in [0.5, 0.6) is 0 Å². The maximum absolute atomic E-state index is 12.6. The molecular weight excluding hydrogens is 386 g/mol. The zero-order chi connectivity index (χ0) is 20.6. The van der Waals surface area contributed by atoms with E-state index in [-0.39, 0.29) is 11.7 Å². The van der Waals surface area contributed by atoms with Crippen molar-refractivity contribution in [1.82, 2.24) is 4.98 Å². The van der Waals surface area contributed by atoms with Gasteiger partial charge in [0.25, 0.3) is 0 Å². The lowest BCUT2D eigenvalue weighted by Crippen LogP contribution is -2.36. The molecule has 1 aliphatic heterocycles. The highest BCUT2D eigenvalue weighted by molar-refractivity contribution is 8.00. The lowest BCUT2D eigenvalue weighted by Gasteiger charge is -2.30. The van der Waals surface area contributed by atoms with Gasteiger partial charge in [0.2, 0.25) is 5.91 Å². The van der Waals surface area contributed by atoms with Gasteiger partial charge in [-0.3, -0.25) is 4.79 Å². The fourth-order valence-corrected chi connectivity index (χ4v) is 4.10. The van der Waals surface area contributed by atoms with Crippen LogP contribution in [0.1, 0.15) is 16.8 Å². The van der Waals surface area contributed by atoms with E-state index in [0.29, 0.717) is 30.4 Å². The maximum atomic E-state index is 12.6. The smallest absolute Gasteiger partial charge is 0.234 e. The van der Waals surface area contributed by atoms with Crippen molar-refractivity contribution in [3.05, 3.63) is 47.2 Å². The molecule has 0 atom stereocenters. The van der Waals surface area contributed by atoms with Crippen LogP contribution in [-0.2, 0) is 20.9 Å². The van der Waals surface area contributed by atoms with Gasteiger partial charge in [-0.2, -0.15) is 0 Å². The van der Waals surface area contributed by atoms with Crippen LogP contribution in [0.4, 0.5) is 11.4 Å². The molecule has 1 saturated heterocycles. The minimum absolute atomic E-state index is 0.102. The first-order valence-corrected chi connectivity index (χ1v) is 10.4. The highest BCUT2D eigenvalue weighted by Crippen LogP contribution is 2.28. The molecule has 0 spiro atoms. The molecule has 0 radical (unpaired) electrons. The highest BCUT2D eigenvalue weighted by Gasteiger charge is 2.17. The number of nitrogens with zero attached hydrogens (tertiary/aromatic N) is 2. The number of anilines is 2. The number of hydrogen-bond donors (Lipinski definition) is 1. The summed E-state index contributed by atoms with van der Waals surface area (Å²) in [6.45, 7) is 5.31. The van der Waals surface area contributed by atoms with Crippen molar-refractivity contribution in [2.45, 2.75) is 18.6 Å². The number of amides is 1. The van der Waals surface area contributed by atoms with E-state index in [1.54, 1.807) is 7.11 Å². The summed E-state index contributed by atoms with van der Waals surface area (Å²) in [5.41, 5.74) is 4.24. The van der Waals surface area contributed by atoms with Gasteiger partial charge in [0.1, 0.15) is 5.03 Å². The van der Waals surface area contributed by atoms with Crippen molar-refractivity contribution in [2.75, 3.05) is 49.4 Å². The molecule has 3 rings (SSSR count). The predicted octanol–water partition coefficient (Wildman–Crippen LogP) is 3.09. The topological polar surface area (TPSA) is 63.7 Å². The minimum atomic E-state index is -0.102. The quantitative estimate of drug-likeness (QED) is 0.558. The Bertz CT molecular complexity index is 905. The Kier molecular flexibility index (Phi) is 7.53. The molecule has 1 aliphatic rings. The number of ether oxygens (including phenoxy) is 2. The van der Waals surface area contributed by atoms with E-state index < -0.39 is 0 Å². The molecular formula is C22H25N3O3S. The van der Waals surface area contributed by atoms with E-state index in [1.165, 1.54) is 11.8 Å². The molecule has 152 valence electrons. The van der Waals surface area contributed by atoms with E-state index in [0.717, 1.165) is 35.7 Å². The van der Waals surface area contributed by atoms with Crippen LogP contribution in [0.2, 0.25) is 0 Å². The van der Waals surface area contributed by atoms with E-state index in [4.69, 9.17) is 15.9 Å². The number of pyridine rings is 1. The van der Waals surface area contributed by atoms with Crippen molar-refractivity contribution in [3.63, 3.8) is 0 Å². The summed E-state index contributed by atoms with van der Waals surface area (Å²) in [4.78, 5) is 19.4. The Morgan fingerprint density at radius 2 is 2.14 bits per heavy atom. The van der Waals surface area contributed by atoms with Gasteiger partial charge in [0, 0.05) is 25.9 Å². The lowest BCUT2D eigenvalue weighted by molar-refractivity contribution is -0.113. The molecule has 7 heteroatoms. The number of terminal acetylenes is 1. The molecule has 6 nitrogen and oxygen atoms in total. The number of carbonyl (C=O) groups excluding carboxylic acids is 1. The summed E-state index contributed by atoms with van der Waals surface area (Å²) in [7, 11) is 1.63. The Morgan fingerprint density at radius 3 is 2.86 bits per heavy atom. The van der Waals surface area contributed by atoms with Gasteiger partial charge >= 0.3 is 0 Å². The highest BCUT2D eigenvalue weighted by atomic mass is 32.2. The Balaban J connectivity index is 1.69. The van der Waals surface area contributed by atoms with Crippen molar-refractivity contribution in [1.29, 1.82) is 0 Å². The van der Waals surface area contributed by atoms with Gasteiger partial charge in [-0.15, -0.1) is 6.42 Å². The standard InChI is InChI=1S/C22H25N3O3S/c1-4-18-17(14-27-3)13-16(2)23-22(18)29-15-21(26)24-19-7-5-6-8-20(19)25-9-11-28-12-10-25/h1,5-8,13H,9-12,14-15H2,2-3H3,(H,24,26). The number of aromatic nitrogens is 1. The van der Waals surface area contributed by atoms with Crippen LogP contribution in [0.15, 0.2) is 35.4 Å². The molecule has 1 fully saturated rings. The largest absolute Gasteiger partial charge is 0.380 e. The Hall–Kier alpha value is -2.53. The first-order chi connectivity index (χ1) is 14.1. The van der Waals surface area contributed by atoms with Crippen molar-refractivity contribution < 1.29 is 14.3 Å². The van der Waals surface area contributed by atoms with Gasteiger partial charge in [-0.1, -0.05) is 29.8 Å². The summed E-state index contributed by atoms with van der Waals surface area (Å²) in [5, 5.41) is 3.70. The summed E-state index contributed by atoms with van der Waals surface area (Å²) in [6, 6.07) is 9.75. The molecule has 2 aromatic rings. The van der Waals surface area contributed by atoms with Gasteiger partial charge < -0.3 is 19.7 Å². The molecule has 1 aromatic carbocycles. The lowest BCUT2D eigenvalue weighted by atomic mass is 10.1. The number of carbonyl (C=O) groups is 1. The zero-order valence-electron chi connectivity index (χ0n) is 16.7. The van der Waals surface area contributed by atoms with Gasteiger partial charge in [-0.05, 0) is 30.7 Å². The van der Waals surface area contributed by atoms with Crippen LogP contribution in [0.3, 0.4) is 0 Å². The number of benzene rings is 1. The van der Waals surface area contributed by atoms with Crippen molar-refractivity contribution in [3.8, 4) is 12.3 Å². The number of rotatable bonds is 7. The number of para-hydroxylation sites is 2.